The van der Waals surface area contributed by atoms with E-state index < -0.39 is 0 Å². The van der Waals surface area contributed by atoms with Gasteiger partial charge in [-0.2, -0.15) is 0 Å². The number of hydrogen-bond acceptors (Lipinski definition) is 2. The van der Waals surface area contributed by atoms with Gasteiger partial charge in [0.25, 0.3) is 0 Å². The maximum absolute atomic E-state index is 13.4. The van der Waals surface area contributed by atoms with Gasteiger partial charge in [0.1, 0.15) is 5.82 Å². The first-order chi connectivity index (χ1) is 8.52. The van der Waals surface area contributed by atoms with Gasteiger partial charge in [-0.25, -0.2) is 4.39 Å². The van der Waals surface area contributed by atoms with Crippen LogP contribution in [-0.4, -0.2) is 0 Å². The minimum Gasteiger partial charge on any atom is -0.323 e. The Balaban J connectivity index is 2.43. The van der Waals surface area contributed by atoms with Crippen molar-refractivity contribution in [2.24, 2.45) is 5.73 Å². The summed E-state index contributed by atoms with van der Waals surface area (Å²) >= 11 is 4.91. The van der Waals surface area contributed by atoms with Gasteiger partial charge in [-0.15, -0.1) is 11.3 Å². The highest BCUT2D eigenvalue weighted by atomic mass is 79.9. The molecular formula is C14H15BrFNS. The summed E-state index contributed by atoms with van der Waals surface area (Å²) in [7, 11) is 0. The first kappa shape index (κ1) is 13.7. The summed E-state index contributed by atoms with van der Waals surface area (Å²) in [6, 6.07) is 7.59. The monoisotopic (exact) mass is 327 g/mol. The molecule has 1 heterocycles. The van der Waals surface area contributed by atoms with E-state index in [-0.39, 0.29) is 11.9 Å². The molecule has 1 nitrogen and oxygen atoms in total. The molecular weight excluding hydrogens is 313 g/mol. The number of thiophene rings is 1. The molecule has 0 saturated heterocycles. The van der Waals surface area contributed by atoms with Crippen LogP contribution in [0.5, 0.6) is 0 Å². The van der Waals surface area contributed by atoms with Crippen molar-refractivity contribution in [1.82, 2.24) is 0 Å². The third-order valence-electron chi connectivity index (χ3n) is 2.96. The Labute approximate surface area is 119 Å². The summed E-state index contributed by atoms with van der Waals surface area (Å²) in [6.45, 7) is 3.99. The molecule has 1 unspecified atom stereocenters. The van der Waals surface area contributed by atoms with Crippen LogP contribution in [0.1, 0.15) is 29.8 Å². The van der Waals surface area contributed by atoms with E-state index in [9.17, 15) is 4.39 Å². The third kappa shape index (κ3) is 2.66. The van der Waals surface area contributed by atoms with Gasteiger partial charge in [-0.3, -0.25) is 0 Å². The van der Waals surface area contributed by atoms with Gasteiger partial charge in [0.15, 0.2) is 0 Å². The van der Waals surface area contributed by atoms with Gasteiger partial charge in [0.05, 0.1) is 4.47 Å². The van der Waals surface area contributed by atoms with Gasteiger partial charge in [-0.1, -0.05) is 6.92 Å². The zero-order valence-electron chi connectivity index (χ0n) is 10.3. The molecule has 96 valence electrons. The zero-order valence-corrected chi connectivity index (χ0v) is 12.7. The second-order valence-electron chi connectivity index (χ2n) is 4.30. The Morgan fingerprint density at radius 3 is 2.78 bits per heavy atom. The lowest BCUT2D eigenvalue weighted by molar-refractivity contribution is 0.620. The zero-order chi connectivity index (χ0) is 13.3. The van der Waals surface area contributed by atoms with Crippen molar-refractivity contribution in [3.05, 3.63) is 45.0 Å². The van der Waals surface area contributed by atoms with E-state index in [0.717, 1.165) is 22.4 Å². The van der Waals surface area contributed by atoms with Crippen LogP contribution in [-0.2, 0) is 0 Å². The summed E-state index contributed by atoms with van der Waals surface area (Å²) < 4.78 is 13.9. The fraction of sp³-hybridized carbons (Fsp3) is 0.286. The Kier molecular flexibility index (Phi) is 4.20. The average Bonchev–Trinajstić information content (AvgIpc) is 2.82. The van der Waals surface area contributed by atoms with Crippen molar-refractivity contribution >= 4 is 27.3 Å². The molecule has 18 heavy (non-hydrogen) atoms. The number of hydrogen-bond donors (Lipinski definition) is 1. The highest BCUT2D eigenvalue weighted by Gasteiger charge is 2.12. The van der Waals surface area contributed by atoms with Crippen LogP contribution in [0.25, 0.3) is 10.4 Å². The van der Waals surface area contributed by atoms with Gasteiger partial charge in [0.2, 0.25) is 0 Å². The van der Waals surface area contributed by atoms with E-state index in [1.165, 1.54) is 4.88 Å². The smallest absolute Gasteiger partial charge is 0.137 e. The van der Waals surface area contributed by atoms with Crippen molar-refractivity contribution in [3.63, 3.8) is 0 Å². The van der Waals surface area contributed by atoms with Crippen LogP contribution >= 0.6 is 27.3 Å². The number of benzene rings is 1. The summed E-state index contributed by atoms with van der Waals surface area (Å²) in [4.78, 5) is 2.31. The van der Waals surface area contributed by atoms with Crippen LogP contribution in [0.3, 0.4) is 0 Å². The van der Waals surface area contributed by atoms with E-state index in [1.54, 1.807) is 17.4 Å². The van der Waals surface area contributed by atoms with Gasteiger partial charge < -0.3 is 5.73 Å². The van der Waals surface area contributed by atoms with E-state index in [0.29, 0.717) is 4.47 Å². The van der Waals surface area contributed by atoms with Crippen LogP contribution in [0.4, 0.5) is 4.39 Å². The van der Waals surface area contributed by atoms with Crippen molar-refractivity contribution < 1.29 is 4.39 Å². The number of halogens is 2. The minimum absolute atomic E-state index is 0.0907. The highest BCUT2D eigenvalue weighted by molar-refractivity contribution is 9.10. The number of aryl methyl sites for hydroxylation is 1. The second-order valence-corrected chi connectivity index (χ2v) is 6.27. The molecule has 0 aliphatic heterocycles. The van der Waals surface area contributed by atoms with E-state index in [4.69, 9.17) is 5.73 Å². The predicted molar refractivity (Wildman–Crippen MR) is 79.4 cm³/mol. The van der Waals surface area contributed by atoms with Crippen LogP contribution in [0.15, 0.2) is 28.7 Å². The molecule has 1 aromatic carbocycles. The van der Waals surface area contributed by atoms with Crippen LogP contribution in [0.2, 0.25) is 0 Å². The van der Waals surface area contributed by atoms with Crippen molar-refractivity contribution in [3.8, 4) is 10.4 Å². The molecule has 2 rings (SSSR count). The fourth-order valence-corrected chi connectivity index (χ4v) is 3.33. The molecule has 0 saturated carbocycles. The maximum atomic E-state index is 13.4. The maximum Gasteiger partial charge on any atom is 0.137 e. The Hall–Kier alpha value is -0.710. The number of rotatable bonds is 3. The minimum atomic E-state index is -0.224. The van der Waals surface area contributed by atoms with E-state index in [1.807, 2.05) is 13.0 Å². The molecule has 0 bridgehead atoms. The molecule has 0 fully saturated rings. The number of nitrogens with two attached hydrogens (primary N) is 1. The molecule has 2 aromatic rings. The van der Waals surface area contributed by atoms with Crippen molar-refractivity contribution in [2.75, 3.05) is 0 Å². The quantitative estimate of drug-likeness (QED) is 0.840. The first-order valence-electron chi connectivity index (χ1n) is 5.84. The largest absolute Gasteiger partial charge is 0.323 e. The standard InChI is InChI=1S/C14H15BrFNS/c1-3-12(17)14-5-4-13(18-14)9-7-10(15)11(16)6-8(9)2/h4-7,12H,3,17H2,1-2H3. The van der Waals surface area contributed by atoms with Gasteiger partial charge in [0, 0.05) is 15.8 Å². The Morgan fingerprint density at radius 2 is 2.11 bits per heavy atom. The third-order valence-corrected chi connectivity index (χ3v) is 4.82. The average molecular weight is 328 g/mol. The molecule has 4 heteroatoms. The van der Waals surface area contributed by atoms with Crippen LogP contribution in [0, 0.1) is 12.7 Å². The SMILES string of the molecule is CCC(N)c1ccc(-c2cc(Br)c(F)cc2C)s1. The van der Waals surface area contributed by atoms with Gasteiger partial charge >= 0.3 is 0 Å². The topological polar surface area (TPSA) is 26.0 Å². The fourth-order valence-electron chi connectivity index (χ4n) is 1.81. The van der Waals surface area contributed by atoms with Crippen molar-refractivity contribution in [1.29, 1.82) is 0 Å². The summed E-state index contributed by atoms with van der Waals surface area (Å²) in [5.41, 5.74) is 8.02. The molecule has 0 amide bonds. The predicted octanol–water partition coefficient (Wildman–Crippen LogP) is 5.03. The Morgan fingerprint density at radius 1 is 1.39 bits per heavy atom. The highest BCUT2D eigenvalue weighted by Crippen LogP contribution is 2.35. The lowest BCUT2D eigenvalue weighted by atomic mass is 10.1. The molecule has 0 aliphatic rings. The van der Waals surface area contributed by atoms with Gasteiger partial charge in [-0.05, 0) is 64.7 Å². The van der Waals surface area contributed by atoms with Crippen LogP contribution < -0.4 is 5.73 Å². The lowest BCUT2D eigenvalue weighted by Crippen LogP contribution is -2.05. The summed E-state index contributed by atoms with van der Waals surface area (Å²) in [5, 5.41) is 0. The molecule has 2 N–H and O–H groups in total. The normalized spacial score (nSPS) is 12.7. The first-order valence-corrected chi connectivity index (χ1v) is 7.45. The van der Waals surface area contributed by atoms with E-state index in [2.05, 4.69) is 35.0 Å². The molecule has 0 radical (unpaired) electrons. The lowest BCUT2D eigenvalue weighted by Gasteiger charge is -2.06. The summed E-state index contributed by atoms with van der Waals surface area (Å²) in [6.07, 6.45) is 0.923. The molecule has 1 aromatic heterocycles. The molecule has 0 aliphatic carbocycles. The van der Waals surface area contributed by atoms with E-state index >= 15 is 0 Å². The van der Waals surface area contributed by atoms with Crippen molar-refractivity contribution in [2.45, 2.75) is 26.3 Å². The second kappa shape index (κ2) is 5.51. The molecule has 1 atom stereocenters. The molecule has 0 spiro atoms. The summed E-state index contributed by atoms with van der Waals surface area (Å²) in [5.74, 6) is -0.224. The Bertz CT molecular complexity index is 565.